The third kappa shape index (κ3) is 2.45. The van der Waals surface area contributed by atoms with Crippen molar-refractivity contribution in [1.82, 2.24) is 9.55 Å². The Balaban J connectivity index is 1.34. The molecular formula is C27H34N2O. The second-order valence-corrected chi connectivity index (χ2v) is 10.7. The van der Waals surface area contributed by atoms with Gasteiger partial charge in [0.2, 0.25) is 0 Å². The lowest BCUT2D eigenvalue weighted by Crippen LogP contribution is -2.50. The van der Waals surface area contributed by atoms with Gasteiger partial charge in [0.25, 0.3) is 0 Å². The Morgan fingerprint density at radius 2 is 1.83 bits per heavy atom. The highest BCUT2D eigenvalue weighted by Crippen LogP contribution is 2.65. The van der Waals surface area contributed by atoms with E-state index < -0.39 is 0 Å². The molecule has 3 heteroatoms. The molecule has 1 heterocycles. The number of rotatable bonds is 2. The van der Waals surface area contributed by atoms with Gasteiger partial charge in [-0.1, -0.05) is 43.7 Å². The van der Waals surface area contributed by atoms with Crippen molar-refractivity contribution in [3.8, 4) is 0 Å². The van der Waals surface area contributed by atoms with Crippen molar-refractivity contribution in [1.29, 1.82) is 0 Å². The number of hydrogen-bond donors (Lipinski definition) is 0. The van der Waals surface area contributed by atoms with Crippen LogP contribution in [0.5, 0.6) is 0 Å². The van der Waals surface area contributed by atoms with Crippen LogP contribution in [0.4, 0.5) is 0 Å². The number of benzene rings is 1. The summed E-state index contributed by atoms with van der Waals surface area (Å²) in [5, 5.41) is 0. The van der Waals surface area contributed by atoms with Gasteiger partial charge in [0.1, 0.15) is 6.33 Å². The van der Waals surface area contributed by atoms with Crippen molar-refractivity contribution in [3.63, 3.8) is 0 Å². The highest BCUT2D eigenvalue weighted by Gasteiger charge is 2.57. The first-order valence-electron chi connectivity index (χ1n) is 11.9. The molecule has 4 aliphatic carbocycles. The average molecular weight is 403 g/mol. The zero-order chi connectivity index (χ0) is 20.5. The lowest BCUT2D eigenvalue weighted by molar-refractivity contribution is -0.0311. The summed E-state index contributed by atoms with van der Waals surface area (Å²) in [5.74, 6) is 2.39. The van der Waals surface area contributed by atoms with Gasteiger partial charge in [-0.2, -0.15) is 0 Å². The summed E-state index contributed by atoms with van der Waals surface area (Å²) in [5.41, 5.74) is 6.22. The zero-order valence-electron chi connectivity index (χ0n) is 18.6. The third-order valence-corrected chi connectivity index (χ3v) is 9.65. The number of aromatic nitrogens is 2. The summed E-state index contributed by atoms with van der Waals surface area (Å²) < 4.78 is 8.13. The minimum Gasteiger partial charge on any atom is -0.381 e. The van der Waals surface area contributed by atoms with Crippen LogP contribution in [0.1, 0.15) is 58.8 Å². The van der Waals surface area contributed by atoms with Gasteiger partial charge in [-0.3, -0.25) is 0 Å². The number of ether oxygens (including phenoxy) is 1. The van der Waals surface area contributed by atoms with E-state index in [0.29, 0.717) is 11.5 Å². The van der Waals surface area contributed by atoms with E-state index in [9.17, 15) is 0 Å². The van der Waals surface area contributed by atoms with Crippen LogP contribution in [0.25, 0.3) is 16.7 Å². The van der Waals surface area contributed by atoms with E-state index >= 15 is 0 Å². The molecule has 0 spiro atoms. The predicted molar refractivity (Wildman–Crippen MR) is 122 cm³/mol. The molecule has 0 bridgehead atoms. The van der Waals surface area contributed by atoms with E-state index in [0.717, 1.165) is 29.7 Å². The van der Waals surface area contributed by atoms with Gasteiger partial charge in [-0.05, 0) is 80.2 Å². The Morgan fingerprint density at radius 3 is 2.70 bits per heavy atom. The minimum atomic E-state index is 0.260. The lowest BCUT2D eigenvalue weighted by atomic mass is 9.48. The summed E-state index contributed by atoms with van der Waals surface area (Å²) in [6.07, 6.45) is 16.5. The number of para-hydroxylation sites is 2. The molecule has 0 radical (unpaired) electrons. The van der Waals surface area contributed by atoms with Crippen LogP contribution in [0, 0.1) is 28.6 Å². The van der Waals surface area contributed by atoms with Crippen molar-refractivity contribution in [3.05, 3.63) is 48.3 Å². The standard InChI is InChI=1S/C27H34N2O/c1-26-14-12-19(30-3)16-18(26)8-9-20-21-10-11-25(27(21,2)15-13-22(20)26)29-17-28-23-6-4-5-7-24(23)29/h4-8,11,17,19-22H,9-10,12-16H2,1-3H3/t19-,20-,21-,22-,26-,27-/m0/s1. The molecule has 1 aromatic carbocycles. The molecule has 1 aromatic heterocycles. The third-order valence-electron chi connectivity index (χ3n) is 9.65. The molecule has 0 N–H and O–H groups in total. The molecule has 6 atom stereocenters. The van der Waals surface area contributed by atoms with Crippen molar-refractivity contribution >= 4 is 16.7 Å². The first-order chi connectivity index (χ1) is 14.5. The molecule has 0 aliphatic heterocycles. The fourth-order valence-electron chi connectivity index (χ4n) is 7.90. The van der Waals surface area contributed by atoms with E-state index in [1.54, 1.807) is 5.57 Å². The molecule has 0 saturated heterocycles. The first-order valence-corrected chi connectivity index (χ1v) is 11.9. The van der Waals surface area contributed by atoms with Gasteiger partial charge in [0, 0.05) is 18.2 Å². The second-order valence-electron chi connectivity index (χ2n) is 10.7. The van der Waals surface area contributed by atoms with Gasteiger partial charge in [-0.15, -0.1) is 0 Å². The summed E-state index contributed by atoms with van der Waals surface area (Å²) >= 11 is 0. The van der Waals surface area contributed by atoms with Crippen LogP contribution in [-0.2, 0) is 4.74 Å². The molecule has 6 rings (SSSR count). The fourth-order valence-corrected chi connectivity index (χ4v) is 7.90. The SMILES string of the molecule is CO[C@H]1CC[C@@]2(C)C(=CC[C@@H]3[C@@H]2CC[C@]2(C)C(n4cnc5ccccc54)=CC[C@@H]32)C1. The Labute approximate surface area is 180 Å². The second kappa shape index (κ2) is 6.56. The monoisotopic (exact) mass is 402 g/mol. The van der Waals surface area contributed by atoms with Crippen LogP contribution in [-0.4, -0.2) is 22.8 Å². The van der Waals surface area contributed by atoms with Crippen molar-refractivity contribution in [2.75, 3.05) is 7.11 Å². The number of allylic oxidation sites excluding steroid dienone is 3. The number of methoxy groups -OCH3 is 1. The smallest absolute Gasteiger partial charge is 0.100 e. The van der Waals surface area contributed by atoms with Gasteiger partial charge in [-0.25, -0.2) is 4.98 Å². The molecule has 0 amide bonds. The Kier molecular flexibility index (Phi) is 4.13. The quantitative estimate of drug-likeness (QED) is 0.539. The Morgan fingerprint density at radius 1 is 1.00 bits per heavy atom. The van der Waals surface area contributed by atoms with Crippen LogP contribution in [0.3, 0.4) is 0 Å². The van der Waals surface area contributed by atoms with Crippen molar-refractivity contribution < 1.29 is 4.74 Å². The van der Waals surface area contributed by atoms with Crippen LogP contribution in [0.15, 0.2) is 48.3 Å². The highest BCUT2D eigenvalue weighted by molar-refractivity contribution is 5.80. The number of hydrogen-bond acceptors (Lipinski definition) is 2. The summed E-state index contributed by atoms with van der Waals surface area (Å²) in [4.78, 5) is 4.69. The summed E-state index contributed by atoms with van der Waals surface area (Å²) in [7, 11) is 1.89. The van der Waals surface area contributed by atoms with E-state index in [1.165, 1.54) is 49.7 Å². The number of nitrogens with zero attached hydrogens (tertiary/aromatic N) is 2. The van der Waals surface area contributed by atoms with Crippen LogP contribution < -0.4 is 0 Å². The normalized spacial score (nSPS) is 40.4. The summed E-state index contributed by atoms with van der Waals surface area (Å²) in [6.45, 7) is 5.13. The molecule has 2 aromatic rings. The summed E-state index contributed by atoms with van der Waals surface area (Å²) in [6, 6.07) is 8.57. The molecule has 4 aliphatic rings. The van der Waals surface area contributed by atoms with Gasteiger partial charge in [0.05, 0.1) is 17.1 Å². The lowest BCUT2D eigenvalue weighted by Gasteiger charge is -2.57. The van der Waals surface area contributed by atoms with E-state index in [-0.39, 0.29) is 5.41 Å². The van der Waals surface area contributed by atoms with Crippen LogP contribution in [0.2, 0.25) is 0 Å². The molecule has 3 nitrogen and oxygen atoms in total. The zero-order valence-corrected chi connectivity index (χ0v) is 18.6. The largest absolute Gasteiger partial charge is 0.381 e. The first kappa shape index (κ1) is 18.9. The molecule has 158 valence electrons. The topological polar surface area (TPSA) is 27.1 Å². The minimum absolute atomic E-state index is 0.260. The maximum absolute atomic E-state index is 5.74. The van der Waals surface area contributed by atoms with Crippen molar-refractivity contribution in [2.24, 2.45) is 28.6 Å². The Bertz CT molecular complexity index is 1050. The Hall–Kier alpha value is -1.87. The van der Waals surface area contributed by atoms with Crippen LogP contribution >= 0.6 is 0 Å². The van der Waals surface area contributed by atoms with E-state index in [4.69, 9.17) is 9.72 Å². The van der Waals surface area contributed by atoms with Gasteiger partial charge < -0.3 is 9.30 Å². The van der Waals surface area contributed by atoms with Crippen molar-refractivity contribution in [2.45, 2.75) is 64.9 Å². The average Bonchev–Trinajstić information content (AvgIpc) is 3.33. The predicted octanol–water partition coefficient (Wildman–Crippen LogP) is 6.46. The molecule has 2 fully saturated rings. The molecule has 30 heavy (non-hydrogen) atoms. The van der Waals surface area contributed by atoms with E-state index in [2.05, 4.69) is 61.2 Å². The maximum Gasteiger partial charge on any atom is 0.100 e. The number of fused-ring (bicyclic) bond motifs is 6. The van der Waals surface area contributed by atoms with Gasteiger partial charge >= 0.3 is 0 Å². The number of imidazole rings is 1. The molecule has 0 unspecified atom stereocenters. The van der Waals surface area contributed by atoms with Gasteiger partial charge in [0.15, 0.2) is 0 Å². The molecular weight excluding hydrogens is 368 g/mol. The maximum atomic E-state index is 5.74. The highest BCUT2D eigenvalue weighted by atomic mass is 16.5. The fraction of sp³-hybridized carbons (Fsp3) is 0.593. The van der Waals surface area contributed by atoms with E-state index in [1.807, 2.05) is 7.11 Å². The molecule has 2 saturated carbocycles.